The first-order chi connectivity index (χ1) is 11.1. The molecule has 23 heavy (non-hydrogen) atoms. The summed E-state index contributed by atoms with van der Waals surface area (Å²) in [6.45, 7) is 4.06. The molecule has 0 spiro atoms. The highest BCUT2D eigenvalue weighted by atomic mass is 32.1. The van der Waals surface area contributed by atoms with Crippen molar-refractivity contribution in [2.75, 3.05) is 0 Å². The summed E-state index contributed by atoms with van der Waals surface area (Å²) >= 11 is 4.33. The summed E-state index contributed by atoms with van der Waals surface area (Å²) in [5.41, 5.74) is -0.345. The molecule has 1 aromatic heterocycles. The molecule has 1 unspecified atom stereocenters. The van der Waals surface area contributed by atoms with E-state index in [1.807, 2.05) is 0 Å². The Morgan fingerprint density at radius 3 is 2.13 bits per heavy atom. The normalized spacial score (nSPS) is 12.3. The van der Waals surface area contributed by atoms with Gasteiger partial charge in [0, 0.05) is 0 Å². The molecule has 132 valence electrons. The van der Waals surface area contributed by atoms with Gasteiger partial charge in [-0.2, -0.15) is 0 Å². The molecule has 0 aliphatic carbocycles. The zero-order chi connectivity index (χ0) is 16.9. The van der Waals surface area contributed by atoms with Crippen molar-refractivity contribution in [3.63, 3.8) is 0 Å². The Labute approximate surface area is 146 Å². The number of carbonyl (C=O) groups excluding carboxylic acids is 1. The van der Waals surface area contributed by atoms with Crippen LogP contribution in [0.25, 0.3) is 0 Å². The third kappa shape index (κ3) is 9.75. The van der Waals surface area contributed by atoms with E-state index in [9.17, 15) is 4.79 Å². The Kier molecular flexibility index (Phi) is 11.0. The van der Waals surface area contributed by atoms with Crippen molar-refractivity contribution in [3.05, 3.63) is 23.7 Å². The van der Waals surface area contributed by atoms with E-state index < -0.39 is 5.97 Å². The minimum atomic E-state index is -0.426. The number of furan rings is 1. The molecular weight excluding hydrogens is 308 g/mol. The van der Waals surface area contributed by atoms with Crippen LogP contribution in [0, 0.1) is 6.92 Å². The van der Waals surface area contributed by atoms with Gasteiger partial charge in [-0.1, -0.05) is 64.7 Å². The zero-order valence-electron chi connectivity index (χ0n) is 14.7. The molecule has 0 amide bonds. The number of hydrogen-bond acceptors (Lipinski definition) is 4. The van der Waals surface area contributed by atoms with Crippen LogP contribution < -0.4 is 0 Å². The predicted molar refractivity (Wildman–Crippen MR) is 98.1 cm³/mol. The number of hydrogen-bond donors (Lipinski definition) is 1. The summed E-state index contributed by atoms with van der Waals surface area (Å²) in [6, 6.07) is 3.39. The lowest BCUT2D eigenvalue weighted by Gasteiger charge is -2.11. The topological polar surface area (TPSA) is 39.4 Å². The number of aryl methyl sites for hydroxylation is 1. The minimum Gasteiger partial charge on any atom is -0.454 e. The molecule has 1 rings (SSSR count). The Balaban J connectivity index is 1.96. The largest absolute Gasteiger partial charge is 0.454 e. The van der Waals surface area contributed by atoms with Crippen molar-refractivity contribution in [1.82, 2.24) is 0 Å². The minimum absolute atomic E-state index is 0.254. The monoisotopic (exact) mass is 340 g/mol. The van der Waals surface area contributed by atoms with E-state index in [1.54, 1.807) is 19.1 Å². The number of unbranched alkanes of at least 4 members (excludes halogenated alkanes) is 9. The molecule has 0 saturated carbocycles. The predicted octanol–water partition coefficient (Wildman–Crippen LogP) is 6.31. The first-order valence-electron chi connectivity index (χ1n) is 9.09. The van der Waals surface area contributed by atoms with Crippen LogP contribution in [0.15, 0.2) is 16.5 Å². The first-order valence-corrected chi connectivity index (χ1v) is 9.60. The average Bonchev–Trinajstić information content (AvgIpc) is 2.96. The summed E-state index contributed by atoms with van der Waals surface area (Å²) in [5, 5.41) is 0. The molecule has 0 aliphatic heterocycles. The van der Waals surface area contributed by atoms with Crippen LogP contribution in [0.3, 0.4) is 0 Å². The van der Waals surface area contributed by atoms with E-state index in [1.165, 1.54) is 57.8 Å². The molecule has 0 radical (unpaired) electrons. The number of esters is 1. The summed E-state index contributed by atoms with van der Waals surface area (Å²) in [6.07, 6.45) is 13.8. The van der Waals surface area contributed by atoms with E-state index in [-0.39, 0.29) is 11.2 Å². The number of thiol groups is 1. The molecule has 1 aromatic rings. The number of rotatable bonds is 13. The van der Waals surface area contributed by atoms with Gasteiger partial charge < -0.3 is 9.15 Å². The smallest absolute Gasteiger partial charge is 0.375 e. The Bertz CT molecular complexity index is 428. The van der Waals surface area contributed by atoms with Gasteiger partial charge in [-0.05, 0) is 31.9 Å². The summed E-state index contributed by atoms with van der Waals surface area (Å²) in [5.74, 6) is 0.539. The molecule has 1 atom stereocenters. The fourth-order valence-corrected chi connectivity index (χ4v) is 2.87. The second-order valence-corrected chi connectivity index (χ2v) is 6.82. The molecule has 3 nitrogen and oxygen atoms in total. The van der Waals surface area contributed by atoms with Crippen LogP contribution in [0.2, 0.25) is 0 Å². The van der Waals surface area contributed by atoms with Crippen molar-refractivity contribution in [1.29, 1.82) is 0 Å². The Morgan fingerprint density at radius 2 is 1.61 bits per heavy atom. The molecule has 0 saturated heterocycles. The average molecular weight is 341 g/mol. The van der Waals surface area contributed by atoms with Crippen molar-refractivity contribution in [3.8, 4) is 0 Å². The molecule has 0 N–H and O–H groups in total. The zero-order valence-corrected chi connectivity index (χ0v) is 15.6. The summed E-state index contributed by atoms with van der Waals surface area (Å²) in [4.78, 5) is 11.8. The van der Waals surface area contributed by atoms with Crippen molar-refractivity contribution in [2.45, 2.75) is 89.9 Å². The fourth-order valence-electron chi connectivity index (χ4n) is 2.59. The molecule has 0 aliphatic rings. The van der Waals surface area contributed by atoms with Gasteiger partial charge in [-0.25, -0.2) is 4.79 Å². The van der Waals surface area contributed by atoms with Crippen LogP contribution >= 0.6 is 12.6 Å². The van der Waals surface area contributed by atoms with Gasteiger partial charge in [0.15, 0.2) is 0 Å². The van der Waals surface area contributed by atoms with E-state index in [0.29, 0.717) is 5.76 Å². The molecular formula is C19H32O3S. The van der Waals surface area contributed by atoms with E-state index in [4.69, 9.17) is 9.15 Å². The third-order valence-electron chi connectivity index (χ3n) is 3.99. The molecule has 0 aromatic carbocycles. The standard InChI is InChI=1S/C19H32O3S/c1-3-4-5-6-7-8-9-10-11-12-13-18(23)22-19(20)17-15-14-16(2)21-17/h14-15,18,23H,3-13H2,1-2H3. The fraction of sp³-hybridized carbons (Fsp3) is 0.737. The first kappa shape index (κ1) is 20.1. The highest BCUT2D eigenvalue weighted by Crippen LogP contribution is 2.16. The second-order valence-electron chi connectivity index (χ2n) is 6.24. The quantitative estimate of drug-likeness (QED) is 0.198. The summed E-state index contributed by atoms with van der Waals surface area (Å²) in [7, 11) is 0. The maximum atomic E-state index is 11.8. The lowest BCUT2D eigenvalue weighted by atomic mass is 10.1. The van der Waals surface area contributed by atoms with Gasteiger partial charge in [0.2, 0.25) is 5.76 Å². The third-order valence-corrected chi connectivity index (χ3v) is 4.35. The Morgan fingerprint density at radius 1 is 1.04 bits per heavy atom. The van der Waals surface area contributed by atoms with Crippen LogP contribution in [0.4, 0.5) is 0 Å². The van der Waals surface area contributed by atoms with Gasteiger partial charge in [-0.3, -0.25) is 0 Å². The van der Waals surface area contributed by atoms with E-state index >= 15 is 0 Å². The SMILES string of the molecule is CCCCCCCCCCCCC(S)OC(=O)c1ccc(C)o1. The lowest BCUT2D eigenvalue weighted by molar-refractivity contribution is 0.0410. The molecule has 4 heteroatoms. The van der Waals surface area contributed by atoms with Crippen molar-refractivity contribution in [2.24, 2.45) is 0 Å². The molecule has 1 heterocycles. The van der Waals surface area contributed by atoms with Crippen LogP contribution in [0.1, 0.15) is 93.9 Å². The van der Waals surface area contributed by atoms with Gasteiger partial charge in [0.25, 0.3) is 0 Å². The van der Waals surface area contributed by atoms with E-state index in [2.05, 4.69) is 19.6 Å². The van der Waals surface area contributed by atoms with Gasteiger partial charge >= 0.3 is 5.97 Å². The van der Waals surface area contributed by atoms with Crippen LogP contribution in [0.5, 0.6) is 0 Å². The van der Waals surface area contributed by atoms with Gasteiger partial charge in [-0.15, -0.1) is 12.6 Å². The highest BCUT2D eigenvalue weighted by Gasteiger charge is 2.15. The van der Waals surface area contributed by atoms with Gasteiger partial charge in [0.05, 0.1) is 0 Å². The van der Waals surface area contributed by atoms with Gasteiger partial charge in [0.1, 0.15) is 11.2 Å². The Hall–Kier alpha value is -0.900. The number of ether oxygens (including phenoxy) is 1. The summed E-state index contributed by atoms with van der Waals surface area (Å²) < 4.78 is 10.5. The lowest BCUT2D eigenvalue weighted by Crippen LogP contribution is -2.12. The van der Waals surface area contributed by atoms with Crippen LogP contribution in [-0.4, -0.2) is 11.4 Å². The van der Waals surface area contributed by atoms with Crippen molar-refractivity contribution < 1.29 is 13.9 Å². The number of carbonyl (C=O) groups is 1. The van der Waals surface area contributed by atoms with Crippen LogP contribution in [-0.2, 0) is 4.74 Å². The maximum absolute atomic E-state index is 11.8. The maximum Gasteiger partial charge on any atom is 0.375 e. The second kappa shape index (κ2) is 12.5. The highest BCUT2D eigenvalue weighted by molar-refractivity contribution is 7.80. The molecule has 0 bridgehead atoms. The van der Waals surface area contributed by atoms with E-state index in [0.717, 1.165) is 12.8 Å². The molecule has 0 fully saturated rings. The van der Waals surface area contributed by atoms with Crippen molar-refractivity contribution >= 4 is 18.6 Å².